The summed E-state index contributed by atoms with van der Waals surface area (Å²) in [5.41, 5.74) is 0. The van der Waals surface area contributed by atoms with Crippen LogP contribution in [0.4, 0.5) is 5.00 Å². The van der Waals surface area contributed by atoms with Gasteiger partial charge in [0.2, 0.25) is 0 Å². The summed E-state index contributed by atoms with van der Waals surface area (Å²) in [6.45, 7) is 7.32. The van der Waals surface area contributed by atoms with Crippen molar-refractivity contribution in [2.75, 3.05) is 0 Å². The third-order valence-electron chi connectivity index (χ3n) is 1.49. The number of allylic oxidation sites excluding steroid dienone is 1. The Kier molecular flexibility index (Phi) is 3.63. The number of thiophene rings is 1. The van der Waals surface area contributed by atoms with Gasteiger partial charge >= 0.3 is 5.00 Å². The molecule has 0 aliphatic rings. The Hall–Kier alpha value is -0.460. The van der Waals surface area contributed by atoms with Crippen molar-refractivity contribution < 1.29 is 4.92 Å². The van der Waals surface area contributed by atoms with E-state index in [1.54, 1.807) is 6.08 Å². The zero-order chi connectivity index (χ0) is 10.9. The van der Waals surface area contributed by atoms with Crippen LogP contribution in [0, 0.1) is 10.1 Å². The third kappa shape index (κ3) is 1.97. The molecule has 0 aliphatic heterocycles. The summed E-state index contributed by atoms with van der Waals surface area (Å²) < 4.78 is 1.86. The summed E-state index contributed by atoms with van der Waals surface area (Å²) >= 11 is 7.46. The fourth-order valence-electron chi connectivity index (χ4n) is 0.835. The normalized spacial score (nSPS) is 12.4. The molecule has 0 amide bonds. The first kappa shape index (κ1) is 11.6. The lowest BCUT2D eigenvalue weighted by atomic mass is 10.4. The molecule has 6 heteroatoms. The van der Waals surface area contributed by atoms with E-state index in [0.717, 1.165) is 15.9 Å². The molecule has 14 heavy (non-hydrogen) atoms. The average Bonchev–Trinajstić information content (AvgIpc) is 2.43. The van der Waals surface area contributed by atoms with E-state index in [1.165, 1.54) is 0 Å². The number of halogens is 2. The van der Waals surface area contributed by atoms with E-state index in [-0.39, 0.29) is 5.00 Å². The van der Waals surface area contributed by atoms with Gasteiger partial charge in [0, 0.05) is 9.70 Å². The van der Waals surface area contributed by atoms with Gasteiger partial charge < -0.3 is 0 Å². The highest BCUT2D eigenvalue weighted by Crippen LogP contribution is 2.24. The first-order chi connectivity index (χ1) is 6.49. The number of hydrogen-bond donors (Lipinski definition) is 0. The molecule has 0 bridgehead atoms. The van der Waals surface area contributed by atoms with Crippen LogP contribution < -0.4 is 9.75 Å². The second-order valence-corrected chi connectivity index (χ2v) is 4.98. The molecule has 1 aromatic heterocycles. The lowest BCUT2D eigenvalue weighted by Crippen LogP contribution is -2.17. The van der Waals surface area contributed by atoms with Crippen LogP contribution in [0.25, 0.3) is 11.1 Å². The first-order valence-corrected chi connectivity index (χ1v) is 5.83. The number of nitro groups is 1. The molecule has 0 saturated heterocycles. The Morgan fingerprint density at radius 2 is 2.21 bits per heavy atom. The molecule has 0 aromatic carbocycles. The molecule has 74 valence electrons. The van der Waals surface area contributed by atoms with Gasteiger partial charge in [0.1, 0.15) is 4.47 Å². The van der Waals surface area contributed by atoms with Crippen molar-refractivity contribution in [2.24, 2.45) is 0 Å². The predicted octanol–water partition coefficient (Wildman–Crippen LogP) is 2.52. The fourth-order valence-corrected chi connectivity index (χ4v) is 2.92. The highest BCUT2D eigenvalue weighted by Gasteiger charge is 2.16. The summed E-state index contributed by atoms with van der Waals surface area (Å²) in [6.07, 6.45) is 1.58. The van der Waals surface area contributed by atoms with Crippen LogP contribution in [0.15, 0.2) is 17.1 Å². The van der Waals surface area contributed by atoms with Crippen molar-refractivity contribution in [3.05, 3.63) is 37.0 Å². The zero-order valence-corrected chi connectivity index (χ0v) is 10.9. The van der Waals surface area contributed by atoms with Gasteiger partial charge in [-0.1, -0.05) is 30.6 Å². The second kappa shape index (κ2) is 4.37. The molecule has 0 radical (unpaired) electrons. The maximum atomic E-state index is 10.6. The molecule has 0 fully saturated rings. The molecule has 0 unspecified atom stereocenters. The summed E-state index contributed by atoms with van der Waals surface area (Å²) in [6, 6.07) is 0. The Balaban J connectivity index is 3.69. The van der Waals surface area contributed by atoms with Crippen molar-refractivity contribution in [3.8, 4) is 0 Å². The van der Waals surface area contributed by atoms with Gasteiger partial charge in [0.15, 0.2) is 0 Å². The van der Waals surface area contributed by atoms with Crippen LogP contribution in [0.3, 0.4) is 0 Å². The Bertz CT molecular complexity index is 506. The minimum absolute atomic E-state index is 0.0591. The molecule has 3 nitrogen and oxygen atoms in total. The minimum atomic E-state index is -0.434. The summed E-state index contributed by atoms with van der Waals surface area (Å²) in [7, 11) is 0. The second-order valence-electron chi connectivity index (χ2n) is 2.34. The van der Waals surface area contributed by atoms with Crippen molar-refractivity contribution in [1.29, 1.82) is 0 Å². The van der Waals surface area contributed by atoms with Gasteiger partial charge in [-0.25, -0.2) is 0 Å². The van der Waals surface area contributed by atoms with Gasteiger partial charge in [-0.2, -0.15) is 0 Å². The summed E-state index contributed by atoms with van der Waals surface area (Å²) in [5.74, 6) is 0. The van der Waals surface area contributed by atoms with E-state index >= 15 is 0 Å². The molecule has 1 aromatic rings. The Morgan fingerprint density at radius 3 is 2.57 bits per heavy atom. The standard InChI is InChI=1S/C8H5Br2NO2S/c1-3-5(9)7-4(2)6(10)8(14-7)11(12)13/h3H,1-2H2/b7-5-. The van der Waals surface area contributed by atoms with Gasteiger partial charge in [0.25, 0.3) is 0 Å². The van der Waals surface area contributed by atoms with Crippen LogP contribution in [0.5, 0.6) is 0 Å². The lowest BCUT2D eigenvalue weighted by Gasteiger charge is -1.82. The minimum Gasteiger partial charge on any atom is -0.258 e. The summed E-state index contributed by atoms with van der Waals surface area (Å²) in [4.78, 5) is 10.2. The van der Waals surface area contributed by atoms with E-state index in [9.17, 15) is 10.1 Å². The first-order valence-electron chi connectivity index (χ1n) is 3.43. The predicted molar refractivity (Wildman–Crippen MR) is 66.0 cm³/mol. The Morgan fingerprint density at radius 1 is 1.64 bits per heavy atom. The maximum Gasteiger partial charge on any atom is 0.339 e. The van der Waals surface area contributed by atoms with Crippen molar-refractivity contribution in [2.45, 2.75) is 0 Å². The van der Waals surface area contributed by atoms with E-state index in [1.807, 2.05) is 0 Å². The van der Waals surface area contributed by atoms with Crippen LogP contribution in [-0.2, 0) is 0 Å². The average molecular weight is 339 g/mol. The summed E-state index contributed by atoms with van der Waals surface area (Å²) in [5, 5.41) is 11.3. The van der Waals surface area contributed by atoms with Gasteiger partial charge in [-0.3, -0.25) is 10.1 Å². The largest absolute Gasteiger partial charge is 0.339 e. The molecule has 0 spiro atoms. The van der Waals surface area contributed by atoms with Gasteiger partial charge in [-0.15, -0.1) is 0 Å². The number of rotatable bonds is 2. The molecule has 1 heterocycles. The van der Waals surface area contributed by atoms with Crippen LogP contribution in [0.1, 0.15) is 0 Å². The molecule has 0 saturated carbocycles. The van der Waals surface area contributed by atoms with Crippen LogP contribution >= 0.6 is 43.2 Å². The SMILES string of the molecule is C=C/C(Br)=c1/sc([N+](=O)[O-])c(Br)c1=C. The number of hydrogen-bond acceptors (Lipinski definition) is 3. The van der Waals surface area contributed by atoms with E-state index in [0.29, 0.717) is 14.2 Å². The van der Waals surface area contributed by atoms with E-state index < -0.39 is 4.92 Å². The molecule has 0 atom stereocenters. The van der Waals surface area contributed by atoms with Gasteiger partial charge in [-0.05, 0) is 31.9 Å². The highest BCUT2D eigenvalue weighted by molar-refractivity contribution is 9.15. The van der Waals surface area contributed by atoms with Gasteiger partial charge in [0.05, 0.1) is 9.46 Å². The highest BCUT2D eigenvalue weighted by atomic mass is 79.9. The third-order valence-corrected chi connectivity index (χ3v) is 4.80. The molecule has 1 rings (SSSR count). The van der Waals surface area contributed by atoms with E-state index in [2.05, 4.69) is 45.0 Å². The lowest BCUT2D eigenvalue weighted by molar-refractivity contribution is -0.381. The van der Waals surface area contributed by atoms with Crippen LogP contribution in [0.2, 0.25) is 0 Å². The fraction of sp³-hybridized carbons (Fsp3) is 0. The molecular weight excluding hydrogens is 334 g/mol. The van der Waals surface area contributed by atoms with E-state index in [4.69, 9.17) is 0 Å². The molecular formula is C8H5Br2NO2S. The Labute approximate surface area is 101 Å². The smallest absolute Gasteiger partial charge is 0.258 e. The van der Waals surface area contributed by atoms with Crippen LogP contribution in [-0.4, -0.2) is 4.92 Å². The van der Waals surface area contributed by atoms with Crippen molar-refractivity contribution in [1.82, 2.24) is 0 Å². The number of nitrogens with zero attached hydrogens (tertiary/aromatic N) is 1. The van der Waals surface area contributed by atoms with Crippen molar-refractivity contribution >= 4 is 59.3 Å². The zero-order valence-electron chi connectivity index (χ0n) is 6.92. The topological polar surface area (TPSA) is 43.1 Å². The van der Waals surface area contributed by atoms with Crippen molar-refractivity contribution in [3.63, 3.8) is 0 Å². The maximum absolute atomic E-state index is 10.6. The molecule has 0 aliphatic carbocycles. The quantitative estimate of drug-likeness (QED) is 0.614. The molecule has 0 N–H and O–H groups in total. The monoisotopic (exact) mass is 337 g/mol.